The zero-order valence-electron chi connectivity index (χ0n) is 11.2. The Hall–Kier alpha value is -2.12. The number of anilines is 1. The van der Waals surface area contributed by atoms with Crippen molar-refractivity contribution in [3.8, 4) is 6.07 Å². The average Bonchev–Trinajstić information content (AvgIpc) is 2.47. The van der Waals surface area contributed by atoms with Crippen LogP contribution in [0.2, 0.25) is 5.15 Å². The molecule has 0 fully saturated rings. The summed E-state index contributed by atoms with van der Waals surface area (Å²) in [4.78, 5) is 8.21. The number of nitrogens with one attached hydrogen (secondary N) is 1. The van der Waals surface area contributed by atoms with Crippen molar-refractivity contribution in [3.05, 3.63) is 52.9 Å². The summed E-state index contributed by atoms with van der Waals surface area (Å²) in [5, 5.41) is 12.7. The van der Waals surface area contributed by atoms with E-state index in [0.717, 1.165) is 18.4 Å². The van der Waals surface area contributed by atoms with Crippen LogP contribution < -0.4 is 5.32 Å². The van der Waals surface area contributed by atoms with Gasteiger partial charge in [-0.1, -0.05) is 37.1 Å². The molecule has 1 aromatic heterocycles. The van der Waals surface area contributed by atoms with Crippen molar-refractivity contribution >= 4 is 17.4 Å². The lowest BCUT2D eigenvalue weighted by Gasteiger charge is -2.19. The minimum atomic E-state index is 0.0843. The molecular formula is C15H15ClN4. The molecule has 0 bridgehead atoms. The van der Waals surface area contributed by atoms with Gasteiger partial charge in [0.25, 0.3) is 0 Å². The lowest BCUT2D eigenvalue weighted by molar-refractivity contribution is 0.674. The Balaban J connectivity index is 2.24. The number of aromatic nitrogens is 2. The summed E-state index contributed by atoms with van der Waals surface area (Å²) < 4.78 is 0. The number of rotatable bonds is 5. The van der Waals surface area contributed by atoms with Gasteiger partial charge in [0.05, 0.1) is 30.1 Å². The Labute approximate surface area is 123 Å². The molecule has 2 rings (SSSR count). The molecule has 20 heavy (non-hydrogen) atoms. The fourth-order valence-electron chi connectivity index (χ4n) is 2.03. The van der Waals surface area contributed by atoms with Gasteiger partial charge in [-0.3, -0.25) is 4.98 Å². The molecule has 2 aromatic rings. The van der Waals surface area contributed by atoms with Crippen LogP contribution in [0, 0.1) is 11.3 Å². The normalized spacial score (nSPS) is 11.7. The van der Waals surface area contributed by atoms with Gasteiger partial charge in [0.2, 0.25) is 0 Å². The summed E-state index contributed by atoms with van der Waals surface area (Å²) >= 11 is 5.84. The first-order chi connectivity index (χ1) is 9.72. The lowest BCUT2D eigenvalue weighted by atomic mass is 10.0. The zero-order valence-corrected chi connectivity index (χ0v) is 11.9. The van der Waals surface area contributed by atoms with Crippen molar-refractivity contribution < 1.29 is 0 Å². The Morgan fingerprint density at radius 1 is 1.40 bits per heavy atom. The predicted octanol–water partition coefficient (Wildman–Crippen LogP) is 3.95. The largest absolute Gasteiger partial charge is 0.362 e. The summed E-state index contributed by atoms with van der Waals surface area (Å²) in [7, 11) is 0. The molecule has 102 valence electrons. The lowest BCUT2D eigenvalue weighted by Crippen LogP contribution is -2.12. The Morgan fingerprint density at radius 3 is 2.95 bits per heavy atom. The van der Waals surface area contributed by atoms with Crippen molar-refractivity contribution in [1.82, 2.24) is 9.97 Å². The fraction of sp³-hybridized carbons (Fsp3) is 0.267. The van der Waals surface area contributed by atoms with Crippen LogP contribution in [0.5, 0.6) is 0 Å². The van der Waals surface area contributed by atoms with Gasteiger partial charge in [0, 0.05) is 0 Å². The highest BCUT2D eigenvalue weighted by Gasteiger charge is 2.12. The van der Waals surface area contributed by atoms with E-state index >= 15 is 0 Å². The van der Waals surface area contributed by atoms with E-state index in [-0.39, 0.29) is 6.04 Å². The molecular weight excluding hydrogens is 272 g/mol. The highest BCUT2D eigenvalue weighted by Crippen LogP contribution is 2.24. The monoisotopic (exact) mass is 286 g/mol. The van der Waals surface area contributed by atoms with Crippen molar-refractivity contribution in [1.29, 1.82) is 5.26 Å². The maximum atomic E-state index is 8.99. The minimum absolute atomic E-state index is 0.0843. The van der Waals surface area contributed by atoms with Crippen LogP contribution >= 0.6 is 11.6 Å². The maximum absolute atomic E-state index is 8.99. The summed E-state index contributed by atoms with van der Waals surface area (Å²) in [5.41, 5.74) is 1.72. The molecule has 1 unspecified atom stereocenters. The predicted molar refractivity (Wildman–Crippen MR) is 79.5 cm³/mol. The van der Waals surface area contributed by atoms with Crippen LogP contribution in [0.15, 0.2) is 36.7 Å². The zero-order chi connectivity index (χ0) is 14.4. The van der Waals surface area contributed by atoms with Gasteiger partial charge >= 0.3 is 0 Å². The van der Waals surface area contributed by atoms with Crippen LogP contribution in [0.1, 0.15) is 36.9 Å². The Bertz CT molecular complexity index is 621. The molecule has 0 radical (unpaired) electrons. The summed E-state index contributed by atoms with van der Waals surface area (Å²) in [6, 6.07) is 9.83. The number of halogens is 1. The molecule has 0 aliphatic rings. The van der Waals surface area contributed by atoms with Crippen molar-refractivity contribution in [3.63, 3.8) is 0 Å². The summed E-state index contributed by atoms with van der Waals surface area (Å²) in [6.07, 6.45) is 5.09. The van der Waals surface area contributed by atoms with E-state index < -0.39 is 0 Å². The Morgan fingerprint density at radius 2 is 2.25 bits per heavy atom. The Kier molecular flexibility index (Phi) is 4.91. The first-order valence-electron chi connectivity index (χ1n) is 6.47. The van der Waals surface area contributed by atoms with Gasteiger partial charge in [0.1, 0.15) is 11.0 Å². The van der Waals surface area contributed by atoms with E-state index in [1.165, 1.54) is 6.20 Å². The second-order valence-corrected chi connectivity index (χ2v) is 4.84. The highest BCUT2D eigenvalue weighted by atomic mass is 35.5. The highest BCUT2D eigenvalue weighted by molar-refractivity contribution is 6.29. The molecule has 0 aliphatic heterocycles. The fourth-order valence-corrected chi connectivity index (χ4v) is 2.17. The summed E-state index contributed by atoms with van der Waals surface area (Å²) in [5.74, 6) is 0.637. The topological polar surface area (TPSA) is 61.6 Å². The maximum Gasteiger partial charge on any atom is 0.149 e. The first-order valence-corrected chi connectivity index (χ1v) is 6.85. The molecule has 1 atom stereocenters. The van der Waals surface area contributed by atoms with E-state index in [0.29, 0.717) is 16.5 Å². The van der Waals surface area contributed by atoms with Gasteiger partial charge in [0.15, 0.2) is 0 Å². The van der Waals surface area contributed by atoms with Crippen LogP contribution in [0.25, 0.3) is 0 Å². The molecule has 4 nitrogen and oxygen atoms in total. The van der Waals surface area contributed by atoms with Crippen LogP contribution in [0.4, 0.5) is 5.82 Å². The second-order valence-electron chi connectivity index (χ2n) is 4.45. The smallest absolute Gasteiger partial charge is 0.149 e. The molecule has 0 amide bonds. The quantitative estimate of drug-likeness (QED) is 0.904. The van der Waals surface area contributed by atoms with E-state index in [1.807, 2.05) is 18.2 Å². The van der Waals surface area contributed by atoms with Crippen molar-refractivity contribution in [2.75, 3.05) is 5.32 Å². The minimum Gasteiger partial charge on any atom is -0.362 e. The third-order valence-electron chi connectivity index (χ3n) is 2.92. The number of nitrogens with zero attached hydrogens (tertiary/aromatic N) is 3. The van der Waals surface area contributed by atoms with Crippen LogP contribution in [-0.2, 0) is 0 Å². The van der Waals surface area contributed by atoms with E-state index in [9.17, 15) is 0 Å². The number of nitriles is 1. The van der Waals surface area contributed by atoms with Gasteiger partial charge in [-0.2, -0.15) is 5.26 Å². The number of benzene rings is 1. The van der Waals surface area contributed by atoms with Gasteiger partial charge in [-0.25, -0.2) is 4.98 Å². The summed E-state index contributed by atoms with van der Waals surface area (Å²) in [6.45, 7) is 2.12. The molecule has 0 saturated heterocycles. The van der Waals surface area contributed by atoms with Crippen LogP contribution in [-0.4, -0.2) is 9.97 Å². The molecule has 0 spiro atoms. The number of hydrogen-bond donors (Lipinski definition) is 1. The molecule has 5 heteroatoms. The molecule has 1 N–H and O–H groups in total. The van der Waals surface area contributed by atoms with Gasteiger partial charge in [-0.05, 0) is 24.1 Å². The van der Waals surface area contributed by atoms with Crippen molar-refractivity contribution in [2.45, 2.75) is 25.8 Å². The third-order valence-corrected chi connectivity index (χ3v) is 3.10. The standard InChI is InChI=1S/C15H15ClN4/c1-2-4-13(12-6-3-5-11(7-12)8-17)19-15-10-18-9-14(16)20-15/h3,5-7,9-10,13H,2,4H2,1H3,(H,19,20). The van der Waals surface area contributed by atoms with Crippen molar-refractivity contribution in [2.24, 2.45) is 0 Å². The van der Waals surface area contributed by atoms with E-state index in [4.69, 9.17) is 16.9 Å². The molecule has 0 aliphatic carbocycles. The van der Waals surface area contributed by atoms with Gasteiger partial charge in [-0.15, -0.1) is 0 Å². The third kappa shape index (κ3) is 3.69. The van der Waals surface area contributed by atoms with E-state index in [2.05, 4.69) is 28.3 Å². The molecule has 1 aromatic carbocycles. The first kappa shape index (κ1) is 14.3. The SMILES string of the molecule is CCCC(Nc1cncc(Cl)n1)c1cccc(C#N)c1. The number of hydrogen-bond acceptors (Lipinski definition) is 4. The van der Waals surface area contributed by atoms with E-state index in [1.54, 1.807) is 12.3 Å². The molecule has 1 heterocycles. The van der Waals surface area contributed by atoms with Gasteiger partial charge < -0.3 is 5.32 Å². The average molecular weight is 287 g/mol. The van der Waals surface area contributed by atoms with Crippen LogP contribution in [0.3, 0.4) is 0 Å². The molecule has 0 saturated carbocycles. The second kappa shape index (κ2) is 6.88.